The number of nitrogens with one attached hydrogen (secondary N) is 1. The molecule has 1 N–H and O–H groups in total. The molecule has 1 aromatic carbocycles. The number of anilines is 1. The smallest absolute Gasteiger partial charge is 0.255 e. The van der Waals surface area contributed by atoms with Crippen molar-refractivity contribution >= 4 is 26.5 Å². The summed E-state index contributed by atoms with van der Waals surface area (Å²) in [4.78, 5) is 5.99. The monoisotopic (exact) mass is 364 g/mol. The standard InChI is InChI=1S/C18H24N2O2S2/c1-4-13(3)14-6-8-15(9-7-14)24(21,22)20-18-19-16-10-5-12(2)11-17(16)23-18/h6-9,12-13H,4-5,10-11H2,1-3H3,(H,19,20). The largest absolute Gasteiger partial charge is 0.263 e. The minimum Gasteiger partial charge on any atom is -0.255 e. The summed E-state index contributed by atoms with van der Waals surface area (Å²) in [6.07, 6.45) is 4.10. The maximum Gasteiger partial charge on any atom is 0.263 e. The topological polar surface area (TPSA) is 59.1 Å². The Bertz CT molecular complexity index is 810. The minimum atomic E-state index is -3.58. The molecule has 0 spiro atoms. The van der Waals surface area contributed by atoms with Crippen LogP contribution in [-0.2, 0) is 22.9 Å². The Morgan fingerprint density at radius 3 is 2.71 bits per heavy atom. The number of thiazole rings is 1. The summed E-state index contributed by atoms with van der Waals surface area (Å²) in [5.74, 6) is 1.08. The van der Waals surface area contributed by atoms with E-state index in [1.807, 2.05) is 12.1 Å². The van der Waals surface area contributed by atoms with Crippen molar-refractivity contribution in [3.8, 4) is 0 Å². The van der Waals surface area contributed by atoms with Gasteiger partial charge in [-0.15, -0.1) is 11.3 Å². The molecule has 0 saturated carbocycles. The van der Waals surface area contributed by atoms with Crippen molar-refractivity contribution in [2.45, 2.75) is 57.3 Å². The van der Waals surface area contributed by atoms with Gasteiger partial charge in [-0.1, -0.05) is 32.9 Å². The van der Waals surface area contributed by atoms with Crippen LogP contribution in [0.25, 0.3) is 0 Å². The summed E-state index contributed by atoms with van der Waals surface area (Å²) >= 11 is 1.47. The lowest BCUT2D eigenvalue weighted by Gasteiger charge is -2.15. The van der Waals surface area contributed by atoms with Crippen LogP contribution < -0.4 is 4.72 Å². The number of rotatable bonds is 5. The molecule has 4 nitrogen and oxygen atoms in total. The molecule has 0 fully saturated rings. The van der Waals surface area contributed by atoms with Gasteiger partial charge in [-0.05, 0) is 55.2 Å². The molecule has 3 rings (SSSR count). The predicted molar refractivity (Wildman–Crippen MR) is 99.3 cm³/mol. The fourth-order valence-electron chi connectivity index (χ4n) is 2.97. The second kappa shape index (κ2) is 6.84. The van der Waals surface area contributed by atoms with E-state index in [4.69, 9.17) is 0 Å². The van der Waals surface area contributed by atoms with Crippen molar-refractivity contribution in [3.63, 3.8) is 0 Å². The zero-order chi connectivity index (χ0) is 17.3. The zero-order valence-corrected chi connectivity index (χ0v) is 16.0. The van der Waals surface area contributed by atoms with Crippen molar-refractivity contribution in [1.82, 2.24) is 4.98 Å². The first-order valence-electron chi connectivity index (χ1n) is 8.50. The molecule has 0 radical (unpaired) electrons. The van der Waals surface area contributed by atoms with Gasteiger partial charge in [-0.25, -0.2) is 13.4 Å². The summed E-state index contributed by atoms with van der Waals surface area (Å²) in [5, 5.41) is 0.486. The molecular formula is C18H24N2O2S2. The van der Waals surface area contributed by atoms with Crippen molar-refractivity contribution < 1.29 is 8.42 Å². The number of aromatic nitrogens is 1. The lowest BCUT2D eigenvalue weighted by Crippen LogP contribution is -2.13. The van der Waals surface area contributed by atoms with Gasteiger partial charge in [0.15, 0.2) is 5.13 Å². The van der Waals surface area contributed by atoms with Gasteiger partial charge in [0.2, 0.25) is 0 Å². The van der Waals surface area contributed by atoms with Crippen LogP contribution in [0.3, 0.4) is 0 Å². The third kappa shape index (κ3) is 3.64. The number of nitrogens with zero attached hydrogens (tertiary/aromatic N) is 1. The van der Waals surface area contributed by atoms with E-state index in [-0.39, 0.29) is 4.90 Å². The average molecular weight is 365 g/mol. The Morgan fingerprint density at radius 2 is 2.04 bits per heavy atom. The first-order valence-corrected chi connectivity index (χ1v) is 10.8. The fourth-order valence-corrected chi connectivity index (χ4v) is 5.37. The summed E-state index contributed by atoms with van der Waals surface area (Å²) in [5.41, 5.74) is 2.22. The number of hydrogen-bond donors (Lipinski definition) is 1. The second-order valence-electron chi connectivity index (χ2n) is 6.72. The minimum absolute atomic E-state index is 0.288. The molecule has 0 amide bonds. The number of aryl methyl sites for hydroxylation is 1. The zero-order valence-electron chi connectivity index (χ0n) is 14.4. The van der Waals surface area contributed by atoms with Crippen LogP contribution in [0, 0.1) is 5.92 Å². The average Bonchev–Trinajstić information content (AvgIpc) is 2.94. The Balaban J connectivity index is 1.79. The number of sulfonamides is 1. The SMILES string of the molecule is CCC(C)c1ccc(S(=O)(=O)Nc2nc3c(s2)CC(C)CC3)cc1. The molecule has 24 heavy (non-hydrogen) atoms. The van der Waals surface area contributed by atoms with E-state index in [1.165, 1.54) is 16.2 Å². The van der Waals surface area contributed by atoms with Crippen molar-refractivity contribution in [3.05, 3.63) is 40.4 Å². The van der Waals surface area contributed by atoms with Gasteiger partial charge < -0.3 is 0 Å². The Labute approximate surface area is 148 Å². The highest BCUT2D eigenvalue weighted by Crippen LogP contribution is 2.33. The van der Waals surface area contributed by atoms with Gasteiger partial charge >= 0.3 is 0 Å². The molecule has 1 aromatic heterocycles. The molecule has 1 aliphatic carbocycles. The van der Waals surface area contributed by atoms with E-state index in [0.29, 0.717) is 17.0 Å². The molecule has 0 bridgehead atoms. The van der Waals surface area contributed by atoms with Gasteiger partial charge in [0.1, 0.15) is 0 Å². The van der Waals surface area contributed by atoms with E-state index in [1.54, 1.807) is 12.1 Å². The van der Waals surface area contributed by atoms with Crippen molar-refractivity contribution in [1.29, 1.82) is 0 Å². The second-order valence-corrected chi connectivity index (χ2v) is 9.49. The third-order valence-electron chi connectivity index (χ3n) is 4.78. The third-order valence-corrected chi connectivity index (χ3v) is 7.30. The molecule has 2 atom stereocenters. The Hall–Kier alpha value is -1.40. The van der Waals surface area contributed by atoms with Crippen LogP contribution in [-0.4, -0.2) is 13.4 Å². The summed E-state index contributed by atoms with van der Waals surface area (Å²) in [7, 11) is -3.58. The highest BCUT2D eigenvalue weighted by atomic mass is 32.2. The van der Waals surface area contributed by atoms with Gasteiger partial charge in [0, 0.05) is 4.88 Å². The maximum atomic E-state index is 12.6. The summed E-state index contributed by atoms with van der Waals surface area (Å²) < 4.78 is 27.8. The molecule has 0 aliphatic heterocycles. The lowest BCUT2D eigenvalue weighted by molar-refractivity contribution is 0.502. The number of fused-ring (bicyclic) bond motifs is 1. The normalized spacial score (nSPS) is 18.9. The van der Waals surface area contributed by atoms with Crippen LogP contribution >= 0.6 is 11.3 Å². The maximum absolute atomic E-state index is 12.6. The summed E-state index contributed by atoms with van der Waals surface area (Å²) in [6.45, 7) is 6.50. The highest BCUT2D eigenvalue weighted by molar-refractivity contribution is 7.93. The molecule has 6 heteroatoms. The van der Waals surface area contributed by atoms with E-state index in [2.05, 4.69) is 30.5 Å². The molecule has 2 aromatic rings. The van der Waals surface area contributed by atoms with Crippen molar-refractivity contribution in [2.75, 3.05) is 4.72 Å². The highest BCUT2D eigenvalue weighted by Gasteiger charge is 2.22. The van der Waals surface area contributed by atoms with Crippen LogP contribution in [0.2, 0.25) is 0 Å². The quantitative estimate of drug-likeness (QED) is 0.844. The van der Waals surface area contributed by atoms with E-state index in [0.717, 1.165) is 36.9 Å². The van der Waals surface area contributed by atoms with Crippen molar-refractivity contribution in [2.24, 2.45) is 5.92 Å². The van der Waals surface area contributed by atoms with Gasteiger partial charge in [0.25, 0.3) is 10.0 Å². The number of hydrogen-bond acceptors (Lipinski definition) is 4. The number of benzene rings is 1. The first kappa shape index (κ1) is 17.4. The Kier molecular flexibility index (Phi) is 4.97. The molecule has 130 valence electrons. The first-order chi connectivity index (χ1) is 11.4. The van der Waals surface area contributed by atoms with Gasteiger partial charge in [-0.3, -0.25) is 4.72 Å². The molecule has 1 heterocycles. The summed E-state index contributed by atoms with van der Waals surface area (Å²) in [6, 6.07) is 7.16. The van der Waals surface area contributed by atoms with Crippen LogP contribution in [0.5, 0.6) is 0 Å². The van der Waals surface area contributed by atoms with E-state index >= 15 is 0 Å². The van der Waals surface area contributed by atoms with Crippen LogP contribution in [0.15, 0.2) is 29.2 Å². The molecule has 1 aliphatic rings. The molecule has 2 unspecified atom stereocenters. The molecule has 0 saturated heterocycles. The van der Waals surface area contributed by atoms with Gasteiger partial charge in [0.05, 0.1) is 10.6 Å². The van der Waals surface area contributed by atoms with E-state index in [9.17, 15) is 8.42 Å². The molecular weight excluding hydrogens is 340 g/mol. The lowest BCUT2D eigenvalue weighted by atomic mass is 9.93. The fraction of sp³-hybridized carbons (Fsp3) is 0.500. The predicted octanol–water partition coefficient (Wildman–Crippen LogP) is 4.58. The van der Waals surface area contributed by atoms with Gasteiger partial charge in [-0.2, -0.15) is 0 Å². The van der Waals surface area contributed by atoms with E-state index < -0.39 is 10.0 Å². The Morgan fingerprint density at radius 1 is 1.33 bits per heavy atom. The van der Waals surface area contributed by atoms with Crippen LogP contribution in [0.4, 0.5) is 5.13 Å². The van der Waals surface area contributed by atoms with Crippen LogP contribution in [0.1, 0.15) is 55.7 Å².